The van der Waals surface area contributed by atoms with Crippen LogP contribution in [0.4, 0.5) is 0 Å². The van der Waals surface area contributed by atoms with Crippen molar-refractivity contribution in [1.29, 1.82) is 0 Å². The van der Waals surface area contributed by atoms with Crippen molar-refractivity contribution in [1.82, 2.24) is 0 Å². The SMILES string of the molecule is C#CCS[C@@H]1OC(COC(C)=O)[C@H](C)C(OC(C)=O)C1OC(C)=O. The second kappa shape index (κ2) is 9.55. The Labute approximate surface area is 145 Å². The lowest BCUT2D eigenvalue weighted by Gasteiger charge is -2.43. The Hall–Kier alpha value is -1.72. The van der Waals surface area contributed by atoms with Crippen molar-refractivity contribution in [2.45, 2.75) is 51.4 Å². The predicted octanol–water partition coefficient (Wildman–Crippen LogP) is 1.14. The average Bonchev–Trinajstić information content (AvgIpc) is 2.48. The molecule has 0 aromatic rings. The molecular formula is C16H22O7S. The fraction of sp³-hybridized carbons (Fsp3) is 0.688. The first-order valence-electron chi connectivity index (χ1n) is 7.44. The number of thioether (sulfide) groups is 1. The van der Waals surface area contributed by atoms with Gasteiger partial charge >= 0.3 is 17.9 Å². The maximum Gasteiger partial charge on any atom is 0.303 e. The van der Waals surface area contributed by atoms with Crippen LogP contribution >= 0.6 is 11.8 Å². The first-order chi connectivity index (χ1) is 11.3. The molecule has 1 heterocycles. The molecule has 5 atom stereocenters. The van der Waals surface area contributed by atoms with E-state index >= 15 is 0 Å². The fourth-order valence-electron chi connectivity index (χ4n) is 2.37. The molecule has 0 saturated carbocycles. The minimum absolute atomic E-state index is 0.00810. The van der Waals surface area contributed by atoms with Crippen LogP contribution in [-0.4, -0.2) is 54.0 Å². The quantitative estimate of drug-likeness (QED) is 0.397. The van der Waals surface area contributed by atoms with Gasteiger partial charge in [0.1, 0.15) is 18.1 Å². The summed E-state index contributed by atoms with van der Waals surface area (Å²) in [4.78, 5) is 33.9. The molecule has 1 rings (SSSR count). The van der Waals surface area contributed by atoms with Gasteiger partial charge in [0.2, 0.25) is 0 Å². The van der Waals surface area contributed by atoms with E-state index in [4.69, 9.17) is 25.4 Å². The van der Waals surface area contributed by atoms with Gasteiger partial charge in [-0.2, -0.15) is 0 Å². The van der Waals surface area contributed by atoms with Crippen molar-refractivity contribution < 1.29 is 33.3 Å². The second-order valence-electron chi connectivity index (χ2n) is 5.37. The molecule has 7 nitrogen and oxygen atoms in total. The maximum atomic E-state index is 11.5. The lowest BCUT2D eigenvalue weighted by molar-refractivity contribution is -0.213. The molecule has 24 heavy (non-hydrogen) atoms. The molecule has 0 N–H and O–H groups in total. The van der Waals surface area contributed by atoms with E-state index in [1.165, 1.54) is 32.5 Å². The highest BCUT2D eigenvalue weighted by molar-refractivity contribution is 8.00. The van der Waals surface area contributed by atoms with E-state index in [0.717, 1.165) is 0 Å². The molecule has 0 spiro atoms. The summed E-state index contributed by atoms with van der Waals surface area (Å²) in [6.07, 6.45) is 3.24. The van der Waals surface area contributed by atoms with Crippen molar-refractivity contribution in [3.63, 3.8) is 0 Å². The number of ether oxygens (including phenoxy) is 4. The Balaban J connectivity index is 3.02. The Bertz CT molecular complexity index is 513. The molecule has 1 fully saturated rings. The summed E-state index contributed by atoms with van der Waals surface area (Å²) in [5.74, 6) is 0.988. The molecule has 0 amide bonds. The normalized spacial score (nSPS) is 29.2. The number of carbonyl (C=O) groups is 3. The van der Waals surface area contributed by atoms with Crippen molar-refractivity contribution in [3.05, 3.63) is 0 Å². The van der Waals surface area contributed by atoms with Gasteiger partial charge in [0.25, 0.3) is 0 Å². The zero-order valence-corrected chi connectivity index (χ0v) is 15.0. The van der Waals surface area contributed by atoms with Crippen LogP contribution in [0.5, 0.6) is 0 Å². The van der Waals surface area contributed by atoms with E-state index in [2.05, 4.69) is 5.92 Å². The number of rotatable bonds is 6. The Morgan fingerprint density at radius 2 is 1.67 bits per heavy atom. The number of carbonyl (C=O) groups excluding carboxylic acids is 3. The number of hydrogen-bond donors (Lipinski definition) is 0. The topological polar surface area (TPSA) is 88.1 Å². The molecule has 1 saturated heterocycles. The summed E-state index contributed by atoms with van der Waals surface area (Å²) in [7, 11) is 0. The standard InChI is InChI=1S/C16H22O7S/c1-6-7-24-16-15(22-12(5)19)14(21-11(4)18)9(2)13(23-16)8-20-10(3)17/h1,9,13-16H,7-8H2,2-5H3/t9-,13?,14?,15?,16-/m0/s1. The van der Waals surface area contributed by atoms with Gasteiger partial charge in [0, 0.05) is 26.7 Å². The third kappa shape index (κ3) is 6.06. The van der Waals surface area contributed by atoms with Gasteiger partial charge in [-0.15, -0.1) is 18.2 Å². The highest BCUT2D eigenvalue weighted by Crippen LogP contribution is 2.35. The van der Waals surface area contributed by atoms with Gasteiger partial charge in [0.05, 0.1) is 11.9 Å². The van der Waals surface area contributed by atoms with E-state index in [1.807, 2.05) is 0 Å². The van der Waals surface area contributed by atoms with E-state index in [1.54, 1.807) is 6.92 Å². The number of terminal acetylenes is 1. The van der Waals surface area contributed by atoms with Crippen LogP contribution in [0.3, 0.4) is 0 Å². The van der Waals surface area contributed by atoms with Crippen LogP contribution in [0.2, 0.25) is 0 Å². The maximum absolute atomic E-state index is 11.5. The molecule has 0 bridgehead atoms. The van der Waals surface area contributed by atoms with Gasteiger partial charge < -0.3 is 18.9 Å². The van der Waals surface area contributed by atoms with Gasteiger partial charge in [-0.3, -0.25) is 14.4 Å². The third-order valence-electron chi connectivity index (χ3n) is 3.39. The lowest BCUT2D eigenvalue weighted by Crippen LogP contribution is -2.56. The lowest BCUT2D eigenvalue weighted by atomic mass is 9.91. The number of hydrogen-bond acceptors (Lipinski definition) is 8. The van der Waals surface area contributed by atoms with E-state index in [9.17, 15) is 14.4 Å². The summed E-state index contributed by atoms with van der Waals surface area (Å²) in [5, 5.41) is 0. The minimum atomic E-state index is -0.798. The number of esters is 3. The van der Waals surface area contributed by atoms with Gasteiger partial charge in [-0.05, 0) is 0 Å². The summed E-state index contributed by atoms with van der Waals surface area (Å²) < 4.78 is 21.6. The molecule has 1 aliphatic rings. The zero-order chi connectivity index (χ0) is 18.3. The molecule has 8 heteroatoms. The van der Waals surface area contributed by atoms with Crippen molar-refractivity contribution in [2.75, 3.05) is 12.4 Å². The van der Waals surface area contributed by atoms with Crippen LogP contribution in [-0.2, 0) is 33.3 Å². The molecule has 0 radical (unpaired) electrons. The highest BCUT2D eigenvalue weighted by Gasteiger charge is 2.48. The fourth-order valence-corrected chi connectivity index (χ4v) is 3.26. The minimum Gasteiger partial charge on any atom is -0.463 e. The Morgan fingerprint density at radius 1 is 1.08 bits per heavy atom. The van der Waals surface area contributed by atoms with Crippen LogP contribution in [0.15, 0.2) is 0 Å². The van der Waals surface area contributed by atoms with Crippen molar-refractivity contribution >= 4 is 29.7 Å². The van der Waals surface area contributed by atoms with E-state index in [0.29, 0.717) is 5.75 Å². The first-order valence-corrected chi connectivity index (χ1v) is 8.49. The summed E-state index contributed by atoms with van der Waals surface area (Å²) >= 11 is 1.25. The van der Waals surface area contributed by atoms with E-state index < -0.39 is 41.7 Å². The van der Waals surface area contributed by atoms with Gasteiger partial charge in [-0.25, -0.2) is 0 Å². The molecule has 0 aromatic heterocycles. The highest BCUT2D eigenvalue weighted by atomic mass is 32.2. The third-order valence-corrected chi connectivity index (χ3v) is 4.43. The average molecular weight is 358 g/mol. The van der Waals surface area contributed by atoms with Crippen LogP contribution < -0.4 is 0 Å². The molecule has 134 valence electrons. The smallest absolute Gasteiger partial charge is 0.303 e. The Kier molecular flexibility index (Phi) is 8.08. The van der Waals surface area contributed by atoms with Crippen LogP contribution in [0, 0.1) is 18.3 Å². The largest absolute Gasteiger partial charge is 0.463 e. The molecule has 3 unspecified atom stereocenters. The predicted molar refractivity (Wildman–Crippen MR) is 86.9 cm³/mol. The Morgan fingerprint density at radius 3 is 2.17 bits per heavy atom. The van der Waals surface area contributed by atoms with Crippen molar-refractivity contribution in [3.8, 4) is 12.3 Å². The van der Waals surface area contributed by atoms with Crippen LogP contribution in [0.1, 0.15) is 27.7 Å². The van der Waals surface area contributed by atoms with E-state index in [-0.39, 0.29) is 12.5 Å². The van der Waals surface area contributed by atoms with Gasteiger partial charge in [0.15, 0.2) is 6.10 Å². The summed E-state index contributed by atoms with van der Waals surface area (Å²) in [6, 6.07) is 0. The zero-order valence-electron chi connectivity index (χ0n) is 14.1. The second-order valence-corrected chi connectivity index (χ2v) is 6.45. The van der Waals surface area contributed by atoms with Gasteiger partial charge in [-0.1, -0.05) is 12.8 Å². The first kappa shape index (κ1) is 20.3. The molecular weight excluding hydrogens is 336 g/mol. The van der Waals surface area contributed by atoms with Crippen LogP contribution in [0.25, 0.3) is 0 Å². The van der Waals surface area contributed by atoms with Crippen molar-refractivity contribution in [2.24, 2.45) is 5.92 Å². The molecule has 0 aliphatic carbocycles. The molecule has 0 aromatic carbocycles. The summed E-state index contributed by atoms with van der Waals surface area (Å²) in [6.45, 7) is 5.62. The summed E-state index contributed by atoms with van der Waals surface area (Å²) in [5.41, 5.74) is -0.633. The molecule has 1 aliphatic heterocycles. The monoisotopic (exact) mass is 358 g/mol.